The van der Waals surface area contributed by atoms with Crippen molar-refractivity contribution in [1.29, 1.82) is 0 Å². The van der Waals surface area contributed by atoms with Crippen molar-refractivity contribution in [1.82, 2.24) is 5.32 Å². The SMILES string of the molecule is COCCNC(=O)CCN(C(C)=O)c1ccccc1Cl. The van der Waals surface area contributed by atoms with E-state index in [-0.39, 0.29) is 24.8 Å². The van der Waals surface area contributed by atoms with Crippen LogP contribution in [0.2, 0.25) is 5.02 Å². The quantitative estimate of drug-likeness (QED) is 0.782. The number of para-hydroxylation sites is 1. The third kappa shape index (κ3) is 5.19. The Balaban J connectivity index is 2.59. The van der Waals surface area contributed by atoms with E-state index < -0.39 is 0 Å². The minimum absolute atomic E-state index is 0.125. The Morgan fingerprint density at radius 2 is 2.05 bits per heavy atom. The van der Waals surface area contributed by atoms with Gasteiger partial charge in [-0.3, -0.25) is 9.59 Å². The highest BCUT2D eigenvalue weighted by Crippen LogP contribution is 2.25. The summed E-state index contributed by atoms with van der Waals surface area (Å²) >= 11 is 6.07. The van der Waals surface area contributed by atoms with Crippen LogP contribution in [0, 0.1) is 0 Å². The molecule has 0 aromatic heterocycles. The summed E-state index contributed by atoms with van der Waals surface area (Å²) in [5.41, 5.74) is 0.617. The molecule has 0 aliphatic heterocycles. The van der Waals surface area contributed by atoms with E-state index in [1.807, 2.05) is 0 Å². The molecule has 0 fully saturated rings. The molecule has 0 unspecified atom stereocenters. The molecule has 0 aliphatic carbocycles. The maximum Gasteiger partial charge on any atom is 0.223 e. The van der Waals surface area contributed by atoms with E-state index in [0.29, 0.717) is 23.9 Å². The van der Waals surface area contributed by atoms with E-state index in [1.165, 1.54) is 11.8 Å². The lowest BCUT2D eigenvalue weighted by Crippen LogP contribution is -2.34. The van der Waals surface area contributed by atoms with Crippen LogP contribution in [-0.2, 0) is 14.3 Å². The van der Waals surface area contributed by atoms with E-state index in [9.17, 15) is 9.59 Å². The smallest absolute Gasteiger partial charge is 0.223 e. The first-order valence-electron chi connectivity index (χ1n) is 6.34. The van der Waals surface area contributed by atoms with Gasteiger partial charge in [-0.1, -0.05) is 23.7 Å². The summed E-state index contributed by atoms with van der Waals surface area (Å²) in [7, 11) is 1.57. The van der Waals surface area contributed by atoms with Gasteiger partial charge in [0.15, 0.2) is 0 Å². The Kier molecular flexibility index (Phi) is 7.04. The maximum absolute atomic E-state index is 11.7. The van der Waals surface area contributed by atoms with Crippen molar-refractivity contribution < 1.29 is 14.3 Å². The fourth-order valence-electron chi connectivity index (χ4n) is 1.71. The fourth-order valence-corrected chi connectivity index (χ4v) is 1.95. The predicted octanol–water partition coefficient (Wildman–Crippen LogP) is 1.85. The van der Waals surface area contributed by atoms with Gasteiger partial charge in [-0.2, -0.15) is 0 Å². The number of amides is 2. The number of anilines is 1. The van der Waals surface area contributed by atoms with Gasteiger partial charge in [0.2, 0.25) is 11.8 Å². The van der Waals surface area contributed by atoms with Crippen LogP contribution in [0.1, 0.15) is 13.3 Å². The van der Waals surface area contributed by atoms with E-state index >= 15 is 0 Å². The molecule has 5 nitrogen and oxygen atoms in total. The standard InChI is InChI=1S/C14H19ClN2O3/c1-11(18)17(13-6-4-3-5-12(13)15)9-7-14(19)16-8-10-20-2/h3-6H,7-10H2,1-2H3,(H,16,19). The Morgan fingerprint density at radius 1 is 1.35 bits per heavy atom. The number of methoxy groups -OCH3 is 1. The van der Waals surface area contributed by atoms with Crippen molar-refractivity contribution in [3.05, 3.63) is 29.3 Å². The molecular formula is C14H19ClN2O3. The van der Waals surface area contributed by atoms with Crippen molar-refractivity contribution in [2.24, 2.45) is 0 Å². The monoisotopic (exact) mass is 298 g/mol. The van der Waals surface area contributed by atoms with Gasteiger partial charge in [0, 0.05) is 33.5 Å². The lowest BCUT2D eigenvalue weighted by Gasteiger charge is -2.22. The lowest BCUT2D eigenvalue weighted by molar-refractivity contribution is -0.121. The van der Waals surface area contributed by atoms with Crippen LogP contribution in [-0.4, -0.2) is 38.6 Å². The molecule has 0 heterocycles. The molecule has 2 amide bonds. The first kappa shape index (κ1) is 16.5. The van der Waals surface area contributed by atoms with Crippen LogP contribution in [0.5, 0.6) is 0 Å². The van der Waals surface area contributed by atoms with Crippen molar-refractivity contribution in [3.63, 3.8) is 0 Å². The second-order valence-corrected chi connectivity index (χ2v) is 4.62. The van der Waals surface area contributed by atoms with Crippen molar-refractivity contribution in [2.75, 3.05) is 31.7 Å². The molecular weight excluding hydrogens is 280 g/mol. The van der Waals surface area contributed by atoms with E-state index in [2.05, 4.69) is 5.32 Å². The Bertz CT molecular complexity index is 465. The topological polar surface area (TPSA) is 58.6 Å². The number of halogens is 1. The zero-order chi connectivity index (χ0) is 15.0. The number of benzene rings is 1. The number of carbonyl (C=O) groups is 2. The molecule has 0 bridgehead atoms. The summed E-state index contributed by atoms with van der Waals surface area (Å²) in [6.45, 7) is 2.66. The molecule has 0 radical (unpaired) electrons. The number of carbonyl (C=O) groups excluding carboxylic acids is 2. The zero-order valence-electron chi connectivity index (χ0n) is 11.7. The first-order valence-corrected chi connectivity index (χ1v) is 6.72. The van der Waals surface area contributed by atoms with Crippen molar-refractivity contribution >= 4 is 29.1 Å². The number of nitrogens with zero attached hydrogens (tertiary/aromatic N) is 1. The Morgan fingerprint density at radius 3 is 2.65 bits per heavy atom. The Labute approximate surface area is 123 Å². The van der Waals surface area contributed by atoms with E-state index in [4.69, 9.17) is 16.3 Å². The molecule has 110 valence electrons. The van der Waals surface area contributed by atoms with Crippen molar-refractivity contribution in [3.8, 4) is 0 Å². The van der Waals surface area contributed by atoms with Gasteiger partial charge in [-0.05, 0) is 12.1 Å². The summed E-state index contributed by atoms with van der Waals surface area (Å²) in [6, 6.07) is 7.06. The number of nitrogens with one attached hydrogen (secondary N) is 1. The molecule has 0 saturated heterocycles. The second kappa shape index (κ2) is 8.55. The summed E-state index contributed by atoms with van der Waals surface area (Å²) in [5.74, 6) is -0.275. The van der Waals surface area contributed by atoms with Gasteiger partial charge in [0.25, 0.3) is 0 Å². The number of ether oxygens (including phenoxy) is 1. The lowest BCUT2D eigenvalue weighted by atomic mass is 10.2. The van der Waals surface area contributed by atoms with Gasteiger partial charge in [-0.25, -0.2) is 0 Å². The van der Waals surface area contributed by atoms with Crippen LogP contribution in [0.25, 0.3) is 0 Å². The van der Waals surface area contributed by atoms with Gasteiger partial charge in [0.1, 0.15) is 0 Å². The number of hydrogen-bond acceptors (Lipinski definition) is 3. The zero-order valence-corrected chi connectivity index (χ0v) is 12.4. The van der Waals surface area contributed by atoms with Crippen LogP contribution in [0.15, 0.2) is 24.3 Å². The summed E-state index contributed by atoms with van der Waals surface area (Å²) in [6.07, 6.45) is 0.217. The normalized spacial score (nSPS) is 10.2. The minimum atomic E-state index is -0.150. The summed E-state index contributed by atoms with van der Waals surface area (Å²) < 4.78 is 4.84. The van der Waals surface area contributed by atoms with Gasteiger partial charge in [0.05, 0.1) is 17.3 Å². The molecule has 1 aromatic carbocycles. The van der Waals surface area contributed by atoms with Crippen LogP contribution in [0.4, 0.5) is 5.69 Å². The minimum Gasteiger partial charge on any atom is -0.383 e. The van der Waals surface area contributed by atoms with E-state index in [0.717, 1.165) is 0 Å². The average molecular weight is 299 g/mol. The molecule has 6 heteroatoms. The average Bonchev–Trinajstić information content (AvgIpc) is 2.41. The highest BCUT2D eigenvalue weighted by Gasteiger charge is 2.15. The van der Waals surface area contributed by atoms with Crippen LogP contribution < -0.4 is 10.2 Å². The molecule has 1 rings (SSSR count). The highest BCUT2D eigenvalue weighted by molar-refractivity contribution is 6.33. The third-order valence-electron chi connectivity index (χ3n) is 2.71. The fraction of sp³-hybridized carbons (Fsp3) is 0.429. The molecule has 20 heavy (non-hydrogen) atoms. The predicted molar refractivity (Wildman–Crippen MR) is 79.0 cm³/mol. The van der Waals surface area contributed by atoms with Gasteiger partial charge < -0.3 is 15.0 Å². The first-order chi connectivity index (χ1) is 9.56. The van der Waals surface area contributed by atoms with Crippen molar-refractivity contribution in [2.45, 2.75) is 13.3 Å². The Hall–Kier alpha value is -1.59. The number of rotatable bonds is 7. The van der Waals surface area contributed by atoms with Crippen LogP contribution >= 0.6 is 11.6 Å². The van der Waals surface area contributed by atoms with Crippen LogP contribution in [0.3, 0.4) is 0 Å². The molecule has 0 atom stereocenters. The van der Waals surface area contributed by atoms with Gasteiger partial charge >= 0.3 is 0 Å². The summed E-state index contributed by atoms with van der Waals surface area (Å²) in [5, 5.41) is 3.20. The van der Waals surface area contributed by atoms with Gasteiger partial charge in [-0.15, -0.1) is 0 Å². The summed E-state index contributed by atoms with van der Waals surface area (Å²) in [4.78, 5) is 24.8. The molecule has 0 saturated carbocycles. The molecule has 0 aliphatic rings. The maximum atomic E-state index is 11.7. The molecule has 1 aromatic rings. The largest absolute Gasteiger partial charge is 0.383 e. The number of hydrogen-bond donors (Lipinski definition) is 1. The second-order valence-electron chi connectivity index (χ2n) is 4.21. The van der Waals surface area contributed by atoms with E-state index in [1.54, 1.807) is 31.4 Å². The molecule has 1 N–H and O–H groups in total. The molecule has 0 spiro atoms. The third-order valence-corrected chi connectivity index (χ3v) is 3.03. The highest BCUT2D eigenvalue weighted by atomic mass is 35.5.